The van der Waals surface area contributed by atoms with Gasteiger partial charge in [-0.15, -0.1) is 0 Å². The van der Waals surface area contributed by atoms with Gasteiger partial charge in [0.25, 0.3) is 11.5 Å². The number of benzene rings is 2. The molecular formula is C46H62FN7O7. The summed E-state index contributed by atoms with van der Waals surface area (Å²) in [6.07, 6.45) is 7.94. The normalized spacial score (nSPS) is 20.0. The highest BCUT2D eigenvalue weighted by Crippen LogP contribution is 2.33. The Bertz CT molecular complexity index is 2110. The van der Waals surface area contributed by atoms with Crippen molar-refractivity contribution >= 4 is 34.6 Å². The van der Waals surface area contributed by atoms with E-state index in [0.29, 0.717) is 87.1 Å². The minimum absolute atomic E-state index is 0.0111. The Hall–Kier alpha value is -4.89. The maximum absolute atomic E-state index is 15.0. The maximum Gasteiger partial charge on any atom is 0.408 e. The lowest BCUT2D eigenvalue weighted by molar-refractivity contribution is -0.150. The van der Waals surface area contributed by atoms with Gasteiger partial charge < -0.3 is 29.5 Å². The fraction of sp³-hybridized carbons (Fsp3) is 0.609. The summed E-state index contributed by atoms with van der Waals surface area (Å²) in [5.74, 6) is -0.945. The van der Waals surface area contributed by atoms with E-state index in [0.717, 1.165) is 58.0 Å². The molecule has 7 rings (SSSR count). The molecule has 14 nitrogen and oxygen atoms in total. The number of nitrogens with zero attached hydrogens (tertiary/aromatic N) is 5. The number of alkyl carbamates (subject to hydrolysis) is 1. The third-order valence-electron chi connectivity index (χ3n) is 12.9. The second-order valence-corrected chi connectivity index (χ2v) is 18.6. The number of likely N-dealkylation sites (tertiary alicyclic amines) is 2. The Morgan fingerprint density at radius 3 is 2.20 bits per heavy atom. The highest BCUT2D eigenvalue weighted by molar-refractivity contribution is 5.95. The molecule has 0 bridgehead atoms. The zero-order valence-corrected chi connectivity index (χ0v) is 36.2. The smallest absolute Gasteiger partial charge is 0.408 e. The molecule has 2 aromatic carbocycles. The molecule has 1 aromatic heterocycles. The van der Waals surface area contributed by atoms with Crippen LogP contribution in [0.4, 0.5) is 9.18 Å². The van der Waals surface area contributed by atoms with Crippen molar-refractivity contribution in [2.45, 2.75) is 115 Å². The minimum atomic E-state index is -0.649. The fourth-order valence-corrected chi connectivity index (χ4v) is 9.35. The van der Waals surface area contributed by atoms with Crippen LogP contribution in [-0.2, 0) is 25.5 Å². The molecule has 4 aliphatic rings. The molecule has 330 valence electrons. The number of piperazine rings is 1. The number of nitrogens with one attached hydrogen (secondary N) is 2. The van der Waals surface area contributed by atoms with Gasteiger partial charge in [-0.25, -0.2) is 14.3 Å². The first-order valence-electron chi connectivity index (χ1n) is 22.1. The van der Waals surface area contributed by atoms with Crippen LogP contribution in [0.2, 0.25) is 0 Å². The van der Waals surface area contributed by atoms with Crippen LogP contribution in [0.15, 0.2) is 47.3 Å². The highest BCUT2D eigenvalue weighted by atomic mass is 19.1. The Labute approximate surface area is 357 Å². The number of H-pyrrole nitrogens is 1. The summed E-state index contributed by atoms with van der Waals surface area (Å²) in [4.78, 5) is 73.3. The van der Waals surface area contributed by atoms with Gasteiger partial charge in [0.05, 0.1) is 34.9 Å². The number of piperidine rings is 2. The number of halogens is 1. The van der Waals surface area contributed by atoms with Crippen molar-refractivity contribution in [2.24, 2.45) is 5.92 Å². The second kappa shape index (κ2) is 19.0. The minimum Gasteiger partial charge on any atom is -0.444 e. The average Bonchev–Trinajstić information content (AvgIpc) is 3.24. The van der Waals surface area contributed by atoms with Gasteiger partial charge in [-0.2, -0.15) is 5.10 Å². The monoisotopic (exact) mass is 843 g/mol. The first-order chi connectivity index (χ1) is 29.1. The third kappa shape index (κ3) is 11.1. The van der Waals surface area contributed by atoms with Crippen LogP contribution in [0, 0.1) is 11.7 Å². The lowest BCUT2D eigenvalue weighted by atomic mass is 9.82. The zero-order valence-electron chi connectivity index (χ0n) is 36.2. The van der Waals surface area contributed by atoms with E-state index in [-0.39, 0.29) is 40.6 Å². The molecule has 3 saturated heterocycles. The van der Waals surface area contributed by atoms with Crippen molar-refractivity contribution < 1.29 is 33.0 Å². The topological polar surface area (TPSA) is 157 Å². The number of aromatic nitrogens is 2. The van der Waals surface area contributed by atoms with Crippen molar-refractivity contribution in [3.63, 3.8) is 0 Å². The van der Waals surface area contributed by atoms with Gasteiger partial charge in [0.15, 0.2) is 0 Å². The standard InChI is InChI=1S/C46H62FN7O7/c1-45(2,3)61-44(59)48-40(32-10-6-5-7-11-32)43(58)53-22-18-46(4,19-23-53)60-33-16-20-51(21-17-33)30-39(55)52-24-26-54(27-25-52)42(57)36-28-31(14-15-37(36)47)29-38-34-12-8-9-13-35(34)41(56)50-49-38/h8-9,12-15,28,32-33,40H,5-7,10-11,16-27,29-30H2,1-4H3,(H,48,59)(H,50,56)/t40-/m1/s1. The molecule has 0 spiro atoms. The van der Waals surface area contributed by atoms with E-state index in [1.807, 2.05) is 37.8 Å². The number of hydrogen-bond acceptors (Lipinski definition) is 9. The summed E-state index contributed by atoms with van der Waals surface area (Å²) < 4.78 is 27.3. The van der Waals surface area contributed by atoms with Crippen LogP contribution in [0.25, 0.3) is 10.8 Å². The molecule has 1 saturated carbocycles. The van der Waals surface area contributed by atoms with E-state index >= 15 is 4.39 Å². The Kier molecular flexibility index (Phi) is 13.8. The van der Waals surface area contributed by atoms with Crippen molar-refractivity contribution in [3.05, 3.63) is 75.5 Å². The Morgan fingerprint density at radius 2 is 1.52 bits per heavy atom. The molecule has 1 aliphatic carbocycles. The Balaban J connectivity index is 0.842. The van der Waals surface area contributed by atoms with E-state index in [1.54, 1.807) is 34.1 Å². The molecule has 15 heteroatoms. The van der Waals surface area contributed by atoms with Gasteiger partial charge in [0.1, 0.15) is 17.5 Å². The molecule has 3 aliphatic heterocycles. The first-order valence-corrected chi connectivity index (χ1v) is 22.1. The van der Waals surface area contributed by atoms with Crippen LogP contribution < -0.4 is 10.9 Å². The Morgan fingerprint density at radius 1 is 0.869 bits per heavy atom. The molecule has 0 unspecified atom stereocenters. The predicted octanol–water partition coefficient (Wildman–Crippen LogP) is 5.27. The number of fused-ring (bicyclic) bond motifs is 1. The summed E-state index contributed by atoms with van der Waals surface area (Å²) in [7, 11) is 0. The number of ether oxygens (including phenoxy) is 2. The lowest BCUT2D eigenvalue weighted by Gasteiger charge is -2.44. The molecule has 2 N–H and O–H groups in total. The molecule has 61 heavy (non-hydrogen) atoms. The zero-order chi connectivity index (χ0) is 43.3. The number of carbonyl (C=O) groups excluding carboxylic acids is 4. The van der Waals surface area contributed by atoms with E-state index in [1.165, 1.54) is 6.07 Å². The molecule has 4 amide bonds. The molecule has 4 fully saturated rings. The van der Waals surface area contributed by atoms with Gasteiger partial charge in [0, 0.05) is 64.2 Å². The quantitative estimate of drug-likeness (QED) is 0.278. The van der Waals surface area contributed by atoms with Crippen LogP contribution in [0.5, 0.6) is 0 Å². The van der Waals surface area contributed by atoms with Crippen LogP contribution in [0.3, 0.4) is 0 Å². The highest BCUT2D eigenvalue weighted by Gasteiger charge is 2.40. The summed E-state index contributed by atoms with van der Waals surface area (Å²) in [6.45, 7) is 11.8. The maximum atomic E-state index is 15.0. The molecule has 0 radical (unpaired) electrons. The number of carbonyl (C=O) groups is 4. The van der Waals surface area contributed by atoms with E-state index in [4.69, 9.17) is 9.47 Å². The summed E-state index contributed by atoms with van der Waals surface area (Å²) in [5.41, 5.74) is -0.0107. The van der Waals surface area contributed by atoms with Gasteiger partial charge in [-0.1, -0.05) is 43.5 Å². The molecular weight excluding hydrogens is 782 g/mol. The second-order valence-electron chi connectivity index (χ2n) is 18.6. The average molecular weight is 844 g/mol. The third-order valence-corrected chi connectivity index (χ3v) is 12.9. The lowest BCUT2D eigenvalue weighted by Crippen LogP contribution is -2.57. The summed E-state index contributed by atoms with van der Waals surface area (Å²) in [6, 6.07) is 11.0. The van der Waals surface area contributed by atoms with Crippen LogP contribution in [-0.4, -0.2) is 136 Å². The van der Waals surface area contributed by atoms with Crippen LogP contribution in [0.1, 0.15) is 107 Å². The van der Waals surface area contributed by atoms with E-state index in [9.17, 15) is 24.0 Å². The molecule has 1 atom stereocenters. The van der Waals surface area contributed by atoms with Gasteiger partial charge >= 0.3 is 6.09 Å². The van der Waals surface area contributed by atoms with Crippen molar-refractivity contribution in [3.8, 4) is 0 Å². The largest absolute Gasteiger partial charge is 0.444 e. The summed E-state index contributed by atoms with van der Waals surface area (Å²) in [5, 5.41) is 10.9. The van der Waals surface area contributed by atoms with Gasteiger partial charge in [-0.3, -0.25) is 24.1 Å². The number of rotatable bonds is 10. The SMILES string of the molecule is CC(C)(C)OC(=O)N[C@@H](C(=O)N1CCC(C)(OC2CCN(CC(=O)N3CCN(C(=O)c4cc(Cc5n[nH]c(=O)c6ccccc56)ccc4F)CC3)CC2)CC1)C1CCCCC1. The van der Waals surface area contributed by atoms with Crippen molar-refractivity contribution in [1.29, 1.82) is 0 Å². The van der Waals surface area contributed by atoms with Crippen LogP contribution >= 0.6 is 0 Å². The molecule has 4 heterocycles. The first kappa shape index (κ1) is 44.2. The van der Waals surface area contributed by atoms with Gasteiger partial charge in [-0.05, 0) is 95.9 Å². The van der Waals surface area contributed by atoms with E-state index < -0.39 is 29.5 Å². The van der Waals surface area contributed by atoms with E-state index in [2.05, 4.69) is 27.3 Å². The fourth-order valence-electron chi connectivity index (χ4n) is 9.35. The van der Waals surface area contributed by atoms with Gasteiger partial charge in [0.2, 0.25) is 11.8 Å². The predicted molar refractivity (Wildman–Crippen MR) is 229 cm³/mol. The summed E-state index contributed by atoms with van der Waals surface area (Å²) >= 11 is 0. The number of amides is 4. The number of hydrogen-bond donors (Lipinski definition) is 2. The van der Waals surface area contributed by atoms with Crippen molar-refractivity contribution in [1.82, 2.24) is 35.1 Å². The molecule has 3 aromatic rings. The number of aromatic amines is 1. The van der Waals surface area contributed by atoms with Crippen molar-refractivity contribution in [2.75, 3.05) is 58.9 Å².